The molecule has 0 spiro atoms. The fraction of sp³-hybridized carbons (Fsp3) is 0.500. The minimum absolute atomic E-state index is 1.06. The Morgan fingerprint density at radius 2 is 2.00 bits per heavy atom. The number of unbranched alkanes of at least 4 members (excludes halogenated alkanes) is 4. The monoisotopic (exact) mass is 216 g/mol. The van der Waals surface area contributed by atoms with Gasteiger partial charge in [0.2, 0.25) is 0 Å². The molecule has 1 aromatic carbocycles. The van der Waals surface area contributed by atoms with Gasteiger partial charge in [-0.25, -0.2) is 4.98 Å². The molecule has 2 rings (SSSR count). The lowest BCUT2D eigenvalue weighted by atomic mass is 10.1. The molecule has 0 radical (unpaired) electrons. The zero-order valence-corrected chi connectivity index (χ0v) is 10.00. The van der Waals surface area contributed by atoms with Crippen molar-refractivity contribution in [3.8, 4) is 0 Å². The molecule has 0 aliphatic heterocycles. The predicted octanol–water partition coefficient (Wildman–Crippen LogP) is 4.08. The smallest absolute Gasteiger partial charge is 0.0931 e. The Labute approximate surface area is 97.1 Å². The first-order valence-corrected chi connectivity index (χ1v) is 6.32. The van der Waals surface area contributed by atoms with E-state index in [9.17, 15) is 0 Å². The van der Waals surface area contributed by atoms with Crippen molar-refractivity contribution in [3.63, 3.8) is 0 Å². The molecule has 2 aromatic rings. The average Bonchev–Trinajstić information content (AvgIpc) is 2.76. The van der Waals surface area contributed by atoms with Crippen molar-refractivity contribution >= 4 is 11.0 Å². The number of imidazole rings is 1. The third-order valence-electron chi connectivity index (χ3n) is 3.05. The molecule has 16 heavy (non-hydrogen) atoms. The van der Waals surface area contributed by atoms with Gasteiger partial charge in [0.15, 0.2) is 0 Å². The SMILES string of the molecule is CCCCCCCc1ccc2nc[nH]c2c1. The zero-order valence-electron chi connectivity index (χ0n) is 10.00. The van der Waals surface area contributed by atoms with Gasteiger partial charge in [0.25, 0.3) is 0 Å². The van der Waals surface area contributed by atoms with E-state index in [1.165, 1.54) is 44.1 Å². The van der Waals surface area contributed by atoms with E-state index in [0.717, 1.165) is 11.0 Å². The summed E-state index contributed by atoms with van der Waals surface area (Å²) < 4.78 is 0. The van der Waals surface area contributed by atoms with E-state index in [2.05, 4.69) is 35.1 Å². The van der Waals surface area contributed by atoms with Crippen LogP contribution in [0.15, 0.2) is 24.5 Å². The number of rotatable bonds is 6. The van der Waals surface area contributed by atoms with Crippen molar-refractivity contribution in [1.29, 1.82) is 0 Å². The molecule has 0 aliphatic carbocycles. The summed E-state index contributed by atoms with van der Waals surface area (Å²) in [5.74, 6) is 0. The van der Waals surface area contributed by atoms with Crippen molar-refractivity contribution < 1.29 is 0 Å². The summed E-state index contributed by atoms with van der Waals surface area (Å²) in [6, 6.07) is 6.53. The van der Waals surface area contributed by atoms with Gasteiger partial charge in [-0.2, -0.15) is 0 Å². The third kappa shape index (κ3) is 2.84. The number of hydrogen-bond acceptors (Lipinski definition) is 1. The van der Waals surface area contributed by atoms with Crippen molar-refractivity contribution in [1.82, 2.24) is 9.97 Å². The van der Waals surface area contributed by atoms with Crippen LogP contribution in [0.25, 0.3) is 11.0 Å². The van der Waals surface area contributed by atoms with Crippen LogP contribution in [0.2, 0.25) is 0 Å². The van der Waals surface area contributed by atoms with Crippen LogP contribution < -0.4 is 0 Å². The maximum absolute atomic E-state index is 4.23. The standard InChI is InChI=1S/C14H20N2/c1-2-3-4-5-6-7-12-8-9-13-14(10-12)16-11-15-13/h8-11H,2-7H2,1H3,(H,15,16). The number of nitrogens with zero attached hydrogens (tertiary/aromatic N) is 1. The van der Waals surface area contributed by atoms with E-state index in [0.29, 0.717) is 0 Å². The van der Waals surface area contributed by atoms with Crippen LogP contribution >= 0.6 is 0 Å². The van der Waals surface area contributed by atoms with Crippen LogP contribution in [0.4, 0.5) is 0 Å². The molecule has 0 aliphatic rings. The third-order valence-corrected chi connectivity index (χ3v) is 3.05. The van der Waals surface area contributed by atoms with Gasteiger partial charge in [0.1, 0.15) is 0 Å². The first kappa shape index (κ1) is 11.2. The zero-order chi connectivity index (χ0) is 11.2. The molecule has 0 saturated heterocycles. The van der Waals surface area contributed by atoms with Crippen LogP contribution in [0.3, 0.4) is 0 Å². The van der Waals surface area contributed by atoms with E-state index < -0.39 is 0 Å². The quantitative estimate of drug-likeness (QED) is 0.724. The fourth-order valence-corrected chi connectivity index (χ4v) is 2.07. The predicted molar refractivity (Wildman–Crippen MR) is 68.6 cm³/mol. The van der Waals surface area contributed by atoms with Gasteiger partial charge in [-0.3, -0.25) is 0 Å². The molecular weight excluding hydrogens is 196 g/mol. The normalized spacial score (nSPS) is 11.1. The minimum Gasteiger partial charge on any atom is -0.345 e. The number of H-pyrrole nitrogens is 1. The van der Waals surface area contributed by atoms with E-state index in [4.69, 9.17) is 0 Å². The molecule has 2 heteroatoms. The average molecular weight is 216 g/mol. The van der Waals surface area contributed by atoms with Crippen molar-refractivity contribution in [2.75, 3.05) is 0 Å². The van der Waals surface area contributed by atoms with Gasteiger partial charge >= 0.3 is 0 Å². The molecule has 0 amide bonds. The van der Waals surface area contributed by atoms with Crippen LogP contribution in [0, 0.1) is 0 Å². The molecule has 0 atom stereocenters. The molecule has 1 aromatic heterocycles. The lowest BCUT2D eigenvalue weighted by Gasteiger charge is -2.01. The van der Waals surface area contributed by atoms with Gasteiger partial charge in [-0.05, 0) is 30.5 Å². The second-order valence-corrected chi connectivity index (χ2v) is 4.42. The number of hydrogen-bond donors (Lipinski definition) is 1. The van der Waals surface area contributed by atoms with Crippen LogP contribution in [-0.2, 0) is 6.42 Å². The molecule has 0 fully saturated rings. The molecule has 1 N–H and O–H groups in total. The Morgan fingerprint density at radius 1 is 1.12 bits per heavy atom. The Kier molecular flexibility index (Phi) is 3.97. The van der Waals surface area contributed by atoms with Gasteiger partial charge in [0.05, 0.1) is 17.4 Å². The maximum atomic E-state index is 4.23. The van der Waals surface area contributed by atoms with Crippen LogP contribution in [0.5, 0.6) is 0 Å². The summed E-state index contributed by atoms with van der Waals surface area (Å²) in [6.45, 7) is 2.26. The topological polar surface area (TPSA) is 28.7 Å². The van der Waals surface area contributed by atoms with E-state index in [1.54, 1.807) is 6.33 Å². The largest absolute Gasteiger partial charge is 0.345 e. The summed E-state index contributed by atoms with van der Waals surface area (Å²) in [6.07, 6.45) is 9.69. The Hall–Kier alpha value is -1.31. The Morgan fingerprint density at radius 3 is 2.88 bits per heavy atom. The van der Waals surface area contributed by atoms with Gasteiger partial charge in [-0.1, -0.05) is 38.7 Å². The molecule has 2 nitrogen and oxygen atoms in total. The number of aromatic nitrogens is 2. The van der Waals surface area contributed by atoms with Crippen LogP contribution in [0.1, 0.15) is 44.6 Å². The number of benzene rings is 1. The molecular formula is C14H20N2. The Balaban J connectivity index is 1.84. The highest BCUT2D eigenvalue weighted by Crippen LogP contribution is 2.14. The summed E-state index contributed by atoms with van der Waals surface area (Å²) in [5, 5.41) is 0. The summed E-state index contributed by atoms with van der Waals surface area (Å²) in [7, 11) is 0. The summed E-state index contributed by atoms with van der Waals surface area (Å²) in [4.78, 5) is 7.38. The van der Waals surface area contributed by atoms with Crippen molar-refractivity contribution in [2.45, 2.75) is 45.4 Å². The number of nitrogens with one attached hydrogen (secondary N) is 1. The van der Waals surface area contributed by atoms with Gasteiger partial charge < -0.3 is 4.98 Å². The van der Waals surface area contributed by atoms with Crippen LogP contribution in [-0.4, -0.2) is 9.97 Å². The van der Waals surface area contributed by atoms with E-state index >= 15 is 0 Å². The molecule has 0 unspecified atom stereocenters. The van der Waals surface area contributed by atoms with E-state index in [1.807, 2.05) is 0 Å². The van der Waals surface area contributed by atoms with Crippen molar-refractivity contribution in [2.24, 2.45) is 0 Å². The highest BCUT2D eigenvalue weighted by atomic mass is 14.9. The second kappa shape index (κ2) is 5.69. The van der Waals surface area contributed by atoms with Gasteiger partial charge in [-0.15, -0.1) is 0 Å². The molecule has 1 heterocycles. The number of fused-ring (bicyclic) bond motifs is 1. The highest BCUT2D eigenvalue weighted by molar-refractivity contribution is 5.74. The molecule has 0 bridgehead atoms. The summed E-state index contributed by atoms with van der Waals surface area (Å²) >= 11 is 0. The van der Waals surface area contributed by atoms with Gasteiger partial charge in [0, 0.05) is 0 Å². The lowest BCUT2D eigenvalue weighted by molar-refractivity contribution is 0.632. The fourth-order valence-electron chi connectivity index (χ4n) is 2.07. The lowest BCUT2D eigenvalue weighted by Crippen LogP contribution is -1.86. The van der Waals surface area contributed by atoms with Crippen molar-refractivity contribution in [3.05, 3.63) is 30.1 Å². The maximum Gasteiger partial charge on any atom is 0.0931 e. The first-order chi connectivity index (χ1) is 7.90. The highest BCUT2D eigenvalue weighted by Gasteiger charge is 1.98. The number of aromatic amines is 1. The van der Waals surface area contributed by atoms with E-state index in [-0.39, 0.29) is 0 Å². The Bertz CT molecular complexity index is 431. The molecule has 0 saturated carbocycles. The second-order valence-electron chi connectivity index (χ2n) is 4.42. The number of aryl methyl sites for hydroxylation is 1. The summed E-state index contributed by atoms with van der Waals surface area (Å²) in [5.41, 5.74) is 3.65. The first-order valence-electron chi connectivity index (χ1n) is 6.32. The molecule has 86 valence electrons. The minimum atomic E-state index is 1.06.